The Balaban J connectivity index is 1.18. The molecule has 1 atom stereocenters. The summed E-state index contributed by atoms with van der Waals surface area (Å²) in [6, 6.07) is 13.3. The number of nitrogens with zero attached hydrogens (tertiary/aromatic N) is 3. The van der Waals surface area contributed by atoms with Crippen molar-refractivity contribution < 1.29 is 9.53 Å². The van der Waals surface area contributed by atoms with Crippen molar-refractivity contribution in [2.24, 2.45) is 5.92 Å². The molecule has 5 rings (SSSR count). The highest BCUT2D eigenvalue weighted by atomic mass is 16.5. The lowest BCUT2D eigenvalue weighted by atomic mass is 10.0. The lowest BCUT2D eigenvalue weighted by Gasteiger charge is -2.09. The molecule has 0 aliphatic carbocycles. The van der Waals surface area contributed by atoms with E-state index in [2.05, 4.69) is 36.0 Å². The van der Waals surface area contributed by atoms with Crippen LogP contribution in [0.3, 0.4) is 0 Å². The van der Waals surface area contributed by atoms with Crippen LogP contribution in [0.1, 0.15) is 12.8 Å². The van der Waals surface area contributed by atoms with Gasteiger partial charge in [0.05, 0.1) is 11.7 Å². The van der Waals surface area contributed by atoms with E-state index in [1.807, 2.05) is 42.5 Å². The van der Waals surface area contributed by atoms with Gasteiger partial charge in [0.1, 0.15) is 12.4 Å². The molecule has 0 saturated carbocycles. The summed E-state index contributed by atoms with van der Waals surface area (Å²) in [5.41, 5.74) is 2.73. The average molecular weight is 417 g/mol. The second-order valence-electron chi connectivity index (χ2n) is 7.72. The Morgan fingerprint density at radius 1 is 1.16 bits per heavy atom. The van der Waals surface area contributed by atoms with Crippen LogP contribution in [-0.2, 0) is 4.79 Å². The number of aromatic nitrogens is 5. The topological polar surface area (TPSA) is 121 Å². The summed E-state index contributed by atoms with van der Waals surface area (Å²) in [5, 5.41) is 21.6. The molecule has 3 heterocycles. The van der Waals surface area contributed by atoms with E-state index < -0.39 is 0 Å². The van der Waals surface area contributed by atoms with Crippen LogP contribution >= 0.6 is 0 Å². The van der Waals surface area contributed by atoms with Gasteiger partial charge in [0.15, 0.2) is 11.6 Å². The SMILES string of the molecule is O=C(COc1ccc(-c2nc(Nc3ccc4[nH]ncc4c3)n[nH]2)cc1)C[C@@H]1CCNC1. The van der Waals surface area contributed by atoms with Gasteiger partial charge in [-0.05, 0) is 67.9 Å². The zero-order valence-electron chi connectivity index (χ0n) is 16.9. The smallest absolute Gasteiger partial charge is 0.246 e. The summed E-state index contributed by atoms with van der Waals surface area (Å²) in [6.07, 6.45) is 3.41. The monoisotopic (exact) mass is 417 g/mol. The molecule has 0 unspecified atom stereocenters. The van der Waals surface area contributed by atoms with Gasteiger partial charge in [0.2, 0.25) is 5.95 Å². The van der Waals surface area contributed by atoms with Gasteiger partial charge in [-0.25, -0.2) is 0 Å². The predicted octanol–water partition coefficient (Wildman–Crippen LogP) is 3.04. The highest BCUT2D eigenvalue weighted by Gasteiger charge is 2.18. The number of H-pyrrole nitrogens is 2. The number of carbonyl (C=O) groups is 1. The second-order valence-corrected chi connectivity index (χ2v) is 7.72. The number of nitrogens with one attached hydrogen (secondary N) is 4. The molecule has 31 heavy (non-hydrogen) atoms. The van der Waals surface area contributed by atoms with E-state index in [4.69, 9.17) is 4.74 Å². The zero-order chi connectivity index (χ0) is 21.0. The van der Waals surface area contributed by atoms with E-state index in [-0.39, 0.29) is 12.4 Å². The Morgan fingerprint density at radius 3 is 2.90 bits per heavy atom. The third-order valence-electron chi connectivity index (χ3n) is 5.39. The quantitative estimate of drug-likeness (QED) is 0.348. The third kappa shape index (κ3) is 4.56. The molecule has 0 radical (unpaired) electrons. The Bertz CT molecular complexity index is 1180. The molecule has 9 heteroatoms. The van der Waals surface area contributed by atoms with Crippen molar-refractivity contribution >= 4 is 28.3 Å². The Hall–Kier alpha value is -3.72. The van der Waals surface area contributed by atoms with Gasteiger partial charge in [-0.1, -0.05) is 0 Å². The number of carbonyl (C=O) groups excluding carboxylic acids is 1. The van der Waals surface area contributed by atoms with Gasteiger partial charge < -0.3 is 15.4 Å². The maximum absolute atomic E-state index is 12.1. The summed E-state index contributed by atoms with van der Waals surface area (Å²) in [5.74, 6) is 2.35. The molecule has 0 amide bonds. The van der Waals surface area contributed by atoms with Crippen molar-refractivity contribution in [3.8, 4) is 17.1 Å². The first kappa shape index (κ1) is 19.3. The lowest BCUT2D eigenvalue weighted by molar-refractivity contribution is -0.121. The van der Waals surface area contributed by atoms with Crippen molar-refractivity contribution in [1.82, 2.24) is 30.7 Å². The van der Waals surface area contributed by atoms with Crippen LogP contribution in [0.5, 0.6) is 5.75 Å². The van der Waals surface area contributed by atoms with Gasteiger partial charge in [0.25, 0.3) is 0 Å². The molecule has 4 N–H and O–H groups in total. The minimum Gasteiger partial charge on any atom is -0.486 e. The van der Waals surface area contributed by atoms with Crippen molar-refractivity contribution in [3.05, 3.63) is 48.7 Å². The number of aromatic amines is 2. The number of ketones is 1. The van der Waals surface area contributed by atoms with Crippen LogP contribution in [0.25, 0.3) is 22.3 Å². The lowest BCUT2D eigenvalue weighted by Crippen LogP contribution is -2.17. The molecule has 1 aliphatic heterocycles. The van der Waals surface area contributed by atoms with E-state index in [1.54, 1.807) is 6.20 Å². The first-order valence-corrected chi connectivity index (χ1v) is 10.3. The van der Waals surface area contributed by atoms with E-state index in [0.29, 0.717) is 29.9 Å². The molecule has 2 aromatic heterocycles. The number of ether oxygens (including phenoxy) is 1. The molecule has 158 valence electrons. The molecule has 1 saturated heterocycles. The molecule has 2 aromatic carbocycles. The number of hydrogen-bond donors (Lipinski definition) is 4. The summed E-state index contributed by atoms with van der Waals surface area (Å²) >= 11 is 0. The van der Waals surface area contributed by atoms with Gasteiger partial charge in [-0.2, -0.15) is 10.1 Å². The number of Topliss-reactive ketones (excluding diaryl/α,β-unsaturated/α-hetero) is 1. The van der Waals surface area contributed by atoms with E-state index in [0.717, 1.165) is 41.7 Å². The van der Waals surface area contributed by atoms with Crippen LogP contribution in [0, 0.1) is 5.92 Å². The number of anilines is 2. The van der Waals surface area contributed by atoms with Crippen LogP contribution in [0.4, 0.5) is 11.6 Å². The normalized spacial score (nSPS) is 15.9. The summed E-state index contributed by atoms with van der Waals surface area (Å²) < 4.78 is 5.65. The maximum atomic E-state index is 12.1. The Kier molecular flexibility index (Phi) is 5.32. The van der Waals surface area contributed by atoms with Crippen LogP contribution in [0.15, 0.2) is 48.7 Å². The Labute approximate surface area is 178 Å². The minimum atomic E-state index is 0.104. The fourth-order valence-corrected chi connectivity index (χ4v) is 3.74. The van der Waals surface area contributed by atoms with E-state index in [9.17, 15) is 4.79 Å². The first-order chi connectivity index (χ1) is 15.2. The van der Waals surface area contributed by atoms with Crippen molar-refractivity contribution in [2.45, 2.75) is 12.8 Å². The molecular weight excluding hydrogens is 394 g/mol. The molecule has 0 bridgehead atoms. The largest absolute Gasteiger partial charge is 0.486 e. The highest BCUT2D eigenvalue weighted by molar-refractivity contribution is 5.82. The second kappa shape index (κ2) is 8.57. The van der Waals surface area contributed by atoms with Crippen LogP contribution < -0.4 is 15.4 Å². The van der Waals surface area contributed by atoms with E-state index in [1.165, 1.54) is 0 Å². The standard InChI is InChI=1S/C22H23N7O2/c30-18(9-14-7-8-23-11-14)13-31-19-4-1-15(2-5-19)21-26-22(29-28-21)25-17-3-6-20-16(10-17)12-24-27-20/h1-6,10,12,14,23H,7-9,11,13H2,(H,24,27)(H2,25,26,28,29)/t14-/m0/s1. The van der Waals surface area contributed by atoms with Crippen molar-refractivity contribution in [1.29, 1.82) is 0 Å². The van der Waals surface area contributed by atoms with Crippen LogP contribution in [-0.4, -0.2) is 50.9 Å². The van der Waals surface area contributed by atoms with Gasteiger partial charge in [-0.3, -0.25) is 15.0 Å². The number of benzene rings is 2. The fourth-order valence-electron chi connectivity index (χ4n) is 3.74. The number of hydrogen-bond acceptors (Lipinski definition) is 7. The minimum absolute atomic E-state index is 0.104. The van der Waals surface area contributed by atoms with Gasteiger partial charge in [-0.15, -0.1) is 5.10 Å². The van der Waals surface area contributed by atoms with Crippen molar-refractivity contribution in [2.75, 3.05) is 25.0 Å². The van der Waals surface area contributed by atoms with E-state index >= 15 is 0 Å². The van der Waals surface area contributed by atoms with Crippen molar-refractivity contribution in [3.63, 3.8) is 0 Å². The van der Waals surface area contributed by atoms with Crippen LogP contribution in [0.2, 0.25) is 0 Å². The zero-order valence-corrected chi connectivity index (χ0v) is 16.9. The molecule has 1 aliphatic rings. The summed E-state index contributed by atoms with van der Waals surface area (Å²) in [4.78, 5) is 16.6. The fraction of sp³-hybridized carbons (Fsp3) is 0.273. The third-order valence-corrected chi connectivity index (χ3v) is 5.39. The molecule has 0 spiro atoms. The molecular formula is C22H23N7O2. The first-order valence-electron chi connectivity index (χ1n) is 10.3. The summed E-state index contributed by atoms with van der Waals surface area (Å²) in [6.45, 7) is 2.03. The maximum Gasteiger partial charge on any atom is 0.246 e. The summed E-state index contributed by atoms with van der Waals surface area (Å²) in [7, 11) is 0. The highest BCUT2D eigenvalue weighted by Crippen LogP contribution is 2.23. The molecule has 9 nitrogen and oxygen atoms in total. The number of rotatable bonds is 8. The predicted molar refractivity (Wildman–Crippen MR) is 117 cm³/mol. The van der Waals surface area contributed by atoms with Gasteiger partial charge >= 0.3 is 0 Å². The Morgan fingerprint density at radius 2 is 2.06 bits per heavy atom. The average Bonchev–Trinajstić information content (AvgIpc) is 3.55. The number of fused-ring (bicyclic) bond motifs is 1. The van der Waals surface area contributed by atoms with Gasteiger partial charge in [0, 0.05) is 23.1 Å². The molecule has 4 aromatic rings. The molecule has 1 fully saturated rings.